The normalized spacial score (nSPS) is 18.6. The molecule has 3 rings (SSSR count). The van der Waals surface area contributed by atoms with Gasteiger partial charge in [0.25, 0.3) is 11.7 Å². The molecule has 7 heteroatoms. The summed E-state index contributed by atoms with van der Waals surface area (Å²) < 4.78 is 0.899. The van der Waals surface area contributed by atoms with Crippen LogP contribution in [-0.2, 0) is 9.59 Å². The lowest BCUT2D eigenvalue weighted by Gasteiger charge is -2.28. The first kappa shape index (κ1) is 21.2. The van der Waals surface area contributed by atoms with Gasteiger partial charge in [-0.25, -0.2) is 0 Å². The zero-order valence-corrected chi connectivity index (χ0v) is 18.1. The van der Waals surface area contributed by atoms with Gasteiger partial charge >= 0.3 is 0 Å². The van der Waals surface area contributed by atoms with Crippen LogP contribution in [0.1, 0.15) is 31.0 Å². The van der Waals surface area contributed by atoms with Crippen molar-refractivity contribution in [2.45, 2.75) is 19.9 Å². The Kier molecular flexibility index (Phi) is 6.82. The number of pyridine rings is 1. The average Bonchev–Trinajstić information content (AvgIpc) is 3.00. The Morgan fingerprint density at radius 2 is 1.72 bits per heavy atom. The van der Waals surface area contributed by atoms with E-state index in [2.05, 4.69) is 39.7 Å². The molecule has 1 saturated heterocycles. The second-order valence-electron chi connectivity index (χ2n) is 6.81. The molecule has 1 unspecified atom stereocenters. The number of hydrogen-bond donors (Lipinski definition) is 1. The van der Waals surface area contributed by atoms with E-state index in [1.807, 2.05) is 24.3 Å². The van der Waals surface area contributed by atoms with Crippen molar-refractivity contribution in [3.05, 3.63) is 70.0 Å². The molecule has 1 atom stereocenters. The first-order valence-corrected chi connectivity index (χ1v) is 10.4. The predicted octanol–water partition coefficient (Wildman–Crippen LogP) is 3.61. The van der Waals surface area contributed by atoms with Crippen molar-refractivity contribution in [3.63, 3.8) is 0 Å². The van der Waals surface area contributed by atoms with Crippen LogP contribution in [-0.4, -0.2) is 57.8 Å². The van der Waals surface area contributed by atoms with Gasteiger partial charge in [0, 0.05) is 35.5 Å². The van der Waals surface area contributed by atoms with E-state index in [1.54, 1.807) is 29.4 Å². The molecular weight excluding hydrogens is 434 g/mol. The number of Topliss-reactive ketones (excluding diaryl/α,β-unsaturated/α-hetero) is 1. The minimum Gasteiger partial charge on any atom is -0.507 e. The number of aliphatic hydroxyl groups is 1. The van der Waals surface area contributed by atoms with E-state index in [-0.39, 0.29) is 11.3 Å². The number of carbonyl (C=O) groups is 2. The lowest BCUT2D eigenvalue weighted by atomic mass is 9.95. The smallest absolute Gasteiger partial charge is 0.295 e. The van der Waals surface area contributed by atoms with E-state index < -0.39 is 17.7 Å². The molecule has 1 aliphatic rings. The Balaban J connectivity index is 2.07. The van der Waals surface area contributed by atoms with Crippen molar-refractivity contribution < 1.29 is 14.7 Å². The van der Waals surface area contributed by atoms with Gasteiger partial charge in [0.15, 0.2) is 0 Å². The molecule has 6 nitrogen and oxygen atoms in total. The molecule has 0 spiro atoms. The van der Waals surface area contributed by atoms with Gasteiger partial charge in [-0.3, -0.25) is 14.6 Å². The summed E-state index contributed by atoms with van der Waals surface area (Å²) in [7, 11) is 0. The van der Waals surface area contributed by atoms with E-state index >= 15 is 0 Å². The van der Waals surface area contributed by atoms with Crippen LogP contribution >= 0.6 is 15.9 Å². The number of aliphatic hydroxyl groups excluding tert-OH is 1. The largest absolute Gasteiger partial charge is 0.507 e. The Hall–Kier alpha value is -2.51. The zero-order chi connectivity index (χ0) is 21.0. The SMILES string of the molecule is CCN(CC)CCN1C(=O)C(=O)/C(=C(/O)c2ccncc2)C1c1ccc(Br)cc1. The predicted molar refractivity (Wildman–Crippen MR) is 115 cm³/mol. The van der Waals surface area contributed by atoms with Crippen LogP contribution in [0.2, 0.25) is 0 Å². The maximum atomic E-state index is 12.9. The molecule has 0 radical (unpaired) electrons. The molecule has 2 aromatic rings. The van der Waals surface area contributed by atoms with Gasteiger partial charge in [-0.2, -0.15) is 0 Å². The highest BCUT2D eigenvalue weighted by atomic mass is 79.9. The fourth-order valence-electron chi connectivity index (χ4n) is 3.56. The van der Waals surface area contributed by atoms with Crippen molar-refractivity contribution in [2.75, 3.05) is 26.2 Å². The molecular formula is C22H24BrN3O3. The fourth-order valence-corrected chi connectivity index (χ4v) is 3.82. The number of benzene rings is 1. The molecule has 1 N–H and O–H groups in total. The molecule has 1 aromatic carbocycles. The Morgan fingerprint density at radius 1 is 1.10 bits per heavy atom. The molecule has 0 aliphatic carbocycles. The van der Waals surface area contributed by atoms with E-state index in [9.17, 15) is 14.7 Å². The standard InChI is InChI=1S/C22H24BrN3O3/c1-3-25(4-2)13-14-26-19(15-5-7-17(23)8-6-15)18(21(28)22(26)29)20(27)16-9-11-24-12-10-16/h5-12,19,27H,3-4,13-14H2,1-2H3/b20-18+. The topological polar surface area (TPSA) is 73.7 Å². The van der Waals surface area contributed by atoms with Gasteiger partial charge < -0.3 is 14.9 Å². The summed E-state index contributed by atoms with van der Waals surface area (Å²) >= 11 is 3.42. The highest BCUT2D eigenvalue weighted by Crippen LogP contribution is 2.39. The number of aromatic nitrogens is 1. The van der Waals surface area contributed by atoms with Gasteiger partial charge in [0.1, 0.15) is 5.76 Å². The van der Waals surface area contributed by atoms with Crippen LogP contribution in [0.3, 0.4) is 0 Å². The Morgan fingerprint density at radius 3 is 2.31 bits per heavy atom. The highest BCUT2D eigenvalue weighted by molar-refractivity contribution is 9.10. The van der Waals surface area contributed by atoms with Crippen LogP contribution in [0, 0.1) is 0 Å². The first-order valence-electron chi connectivity index (χ1n) is 9.64. The average molecular weight is 458 g/mol. The number of halogens is 1. The van der Waals surface area contributed by atoms with Crippen LogP contribution in [0.5, 0.6) is 0 Å². The minimum absolute atomic E-state index is 0.114. The van der Waals surface area contributed by atoms with Crippen LogP contribution in [0.15, 0.2) is 58.8 Å². The van der Waals surface area contributed by atoms with E-state index in [1.165, 1.54) is 0 Å². The summed E-state index contributed by atoms with van der Waals surface area (Å²) in [6.07, 6.45) is 3.08. The molecule has 1 aromatic heterocycles. The molecule has 152 valence electrons. The molecule has 2 heterocycles. The number of likely N-dealkylation sites (N-methyl/N-ethyl adjacent to an activating group) is 1. The van der Waals surface area contributed by atoms with E-state index in [4.69, 9.17) is 0 Å². The Bertz CT molecular complexity index is 909. The summed E-state index contributed by atoms with van der Waals surface area (Å²) in [5.74, 6) is -1.42. The lowest BCUT2D eigenvalue weighted by molar-refractivity contribution is -0.140. The lowest BCUT2D eigenvalue weighted by Crippen LogP contribution is -2.38. The molecule has 29 heavy (non-hydrogen) atoms. The fraction of sp³-hybridized carbons (Fsp3) is 0.318. The molecule has 1 fully saturated rings. The van der Waals surface area contributed by atoms with Crippen molar-refractivity contribution in [3.8, 4) is 0 Å². The van der Waals surface area contributed by atoms with E-state index in [0.717, 1.165) is 23.1 Å². The van der Waals surface area contributed by atoms with Crippen molar-refractivity contribution >= 4 is 33.4 Å². The number of hydrogen-bond acceptors (Lipinski definition) is 5. The van der Waals surface area contributed by atoms with Gasteiger partial charge in [-0.1, -0.05) is 41.9 Å². The summed E-state index contributed by atoms with van der Waals surface area (Å²) in [6.45, 7) is 6.91. The maximum absolute atomic E-state index is 12.9. The van der Waals surface area contributed by atoms with Gasteiger partial charge in [-0.15, -0.1) is 0 Å². The maximum Gasteiger partial charge on any atom is 0.295 e. The minimum atomic E-state index is -0.660. The van der Waals surface area contributed by atoms with Crippen LogP contribution < -0.4 is 0 Å². The quantitative estimate of drug-likeness (QED) is 0.390. The summed E-state index contributed by atoms with van der Waals surface area (Å²) in [4.78, 5) is 33.5. The number of likely N-dealkylation sites (tertiary alicyclic amines) is 1. The van der Waals surface area contributed by atoms with Crippen molar-refractivity contribution in [1.82, 2.24) is 14.8 Å². The first-order chi connectivity index (χ1) is 14.0. The zero-order valence-electron chi connectivity index (χ0n) is 16.5. The highest BCUT2D eigenvalue weighted by Gasteiger charge is 2.45. The number of carbonyl (C=O) groups excluding carboxylic acids is 2. The monoisotopic (exact) mass is 457 g/mol. The summed E-state index contributed by atoms with van der Waals surface area (Å²) in [5, 5.41) is 10.9. The van der Waals surface area contributed by atoms with Crippen molar-refractivity contribution in [2.24, 2.45) is 0 Å². The molecule has 1 aliphatic heterocycles. The number of nitrogens with zero attached hydrogens (tertiary/aromatic N) is 3. The van der Waals surface area contributed by atoms with Gasteiger partial charge in [0.2, 0.25) is 0 Å². The number of ketones is 1. The van der Waals surface area contributed by atoms with Crippen LogP contribution in [0.4, 0.5) is 0 Å². The molecule has 0 saturated carbocycles. The van der Waals surface area contributed by atoms with Gasteiger partial charge in [-0.05, 0) is 42.9 Å². The Labute approximate surface area is 179 Å². The number of amides is 1. The van der Waals surface area contributed by atoms with Crippen LogP contribution in [0.25, 0.3) is 5.76 Å². The third-order valence-corrected chi connectivity index (χ3v) is 5.76. The second-order valence-corrected chi connectivity index (χ2v) is 7.72. The summed E-state index contributed by atoms with van der Waals surface area (Å²) in [5.41, 5.74) is 1.36. The second kappa shape index (κ2) is 9.33. The third kappa shape index (κ3) is 4.41. The van der Waals surface area contributed by atoms with Gasteiger partial charge in [0.05, 0.1) is 11.6 Å². The summed E-state index contributed by atoms with van der Waals surface area (Å²) in [6, 6.07) is 10.1. The number of rotatable bonds is 7. The molecule has 0 bridgehead atoms. The van der Waals surface area contributed by atoms with Crippen molar-refractivity contribution in [1.29, 1.82) is 0 Å². The van der Waals surface area contributed by atoms with E-state index in [0.29, 0.717) is 18.7 Å². The third-order valence-electron chi connectivity index (χ3n) is 5.23. The molecule has 1 amide bonds.